The van der Waals surface area contributed by atoms with Crippen LogP contribution in [0.3, 0.4) is 0 Å². The predicted molar refractivity (Wildman–Crippen MR) is 74.0 cm³/mol. The van der Waals surface area contributed by atoms with Gasteiger partial charge < -0.3 is 10.6 Å². The Bertz CT molecular complexity index is 241. The highest BCUT2D eigenvalue weighted by Crippen LogP contribution is 2.39. The maximum absolute atomic E-state index is 6.06. The molecule has 17 heavy (non-hydrogen) atoms. The Morgan fingerprint density at radius 3 is 2.29 bits per heavy atom. The van der Waals surface area contributed by atoms with Crippen molar-refractivity contribution in [1.82, 2.24) is 4.90 Å². The highest BCUT2D eigenvalue weighted by Gasteiger charge is 2.33. The first kappa shape index (κ1) is 13.4. The molecular weight excluding hydrogens is 208 g/mol. The van der Waals surface area contributed by atoms with Gasteiger partial charge in [-0.1, -0.05) is 33.1 Å². The van der Waals surface area contributed by atoms with E-state index in [9.17, 15) is 0 Å². The molecule has 1 saturated carbocycles. The van der Waals surface area contributed by atoms with E-state index in [2.05, 4.69) is 18.7 Å². The quantitative estimate of drug-likeness (QED) is 0.816. The van der Waals surface area contributed by atoms with Crippen molar-refractivity contribution in [3.63, 3.8) is 0 Å². The summed E-state index contributed by atoms with van der Waals surface area (Å²) in [7, 11) is 0. The van der Waals surface area contributed by atoms with Crippen molar-refractivity contribution in [1.29, 1.82) is 0 Å². The zero-order chi connectivity index (χ0) is 12.4. The molecule has 1 heterocycles. The lowest BCUT2D eigenvalue weighted by molar-refractivity contribution is 0.152. The van der Waals surface area contributed by atoms with Crippen molar-refractivity contribution in [3.8, 4) is 0 Å². The first-order valence-corrected chi connectivity index (χ1v) is 7.48. The number of hydrogen-bond acceptors (Lipinski definition) is 2. The lowest BCUT2D eigenvalue weighted by atomic mass is 9.72. The normalized spacial score (nSPS) is 28.4. The smallest absolute Gasteiger partial charge is 0.00332 e. The van der Waals surface area contributed by atoms with Crippen LogP contribution in [0.25, 0.3) is 0 Å². The Balaban J connectivity index is 1.80. The van der Waals surface area contributed by atoms with E-state index in [0.717, 1.165) is 6.54 Å². The van der Waals surface area contributed by atoms with E-state index in [1.807, 2.05) is 0 Å². The summed E-state index contributed by atoms with van der Waals surface area (Å²) in [5.41, 5.74) is 7.09. The molecule has 0 atom stereocenters. The molecule has 100 valence electrons. The largest absolute Gasteiger partial charge is 0.330 e. The monoisotopic (exact) mass is 238 g/mol. The molecule has 2 aliphatic rings. The second-order valence-electron chi connectivity index (χ2n) is 7.21. The van der Waals surface area contributed by atoms with Crippen LogP contribution in [-0.2, 0) is 0 Å². The molecule has 2 rings (SSSR count). The SMILES string of the molecule is CC1(C)CCN(CCC2(CN)CCCCC2)C1. The van der Waals surface area contributed by atoms with Gasteiger partial charge in [0.1, 0.15) is 0 Å². The molecule has 1 aliphatic carbocycles. The van der Waals surface area contributed by atoms with Crippen molar-refractivity contribution in [3.05, 3.63) is 0 Å². The fourth-order valence-electron chi connectivity index (χ4n) is 3.67. The van der Waals surface area contributed by atoms with Gasteiger partial charge in [0.25, 0.3) is 0 Å². The number of rotatable bonds is 4. The summed E-state index contributed by atoms with van der Waals surface area (Å²) in [6.07, 6.45) is 9.69. The van der Waals surface area contributed by atoms with Gasteiger partial charge in [0.2, 0.25) is 0 Å². The predicted octanol–water partition coefficient (Wildman–Crippen LogP) is 3.02. The summed E-state index contributed by atoms with van der Waals surface area (Å²) in [4.78, 5) is 2.66. The fraction of sp³-hybridized carbons (Fsp3) is 1.00. The third-order valence-corrected chi connectivity index (χ3v) is 5.06. The zero-order valence-electron chi connectivity index (χ0n) is 11.8. The van der Waals surface area contributed by atoms with Gasteiger partial charge in [0.15, 0.2) is 0 Å². The summed E-state index contributed by atoms with van der Waals surface area (Å²) in [5, 5.41) is 0. The Hall–Kier alpha value is -0.0800. The van der Waals surface area contributed by atoms with E-state index in [0.29, 0.717) is 10.8 Å². The van der Waals surface area contributed by atoms with Gasteiger partial charge in [0.05, 0.1) is 0 Å². The minimum atomic E-state index is 0.491. The summed E-state index contributed by atoms with van der Waals surface area (Å²) in [6, 6.07) is 0. The molecule has 2 N–H and O–H groups in total. The third-order valence-electron chi connectivity index (χ3n) is 5.06. The maximum atomic E-state index is 6.06. The van der Waals surface area contributed by atoms with E-state index >= 15 is 0 Å². The molecule has 0 radical (unpaired) electrons. The summed E-state index contributed by atoms with van der Waals surface area (Å²) in [6.45, 7) is 9.56. The van der Waals surface area contributed by atoms with Crippen LogP contribution in [0, 0.1) is 10.8 Å². The van der Waals surface area contributed by atoms with Gasteiger partial charge in [0, 0.05) is 6.54 Å². The van der Waals surface area contributed by atoms with Crippen LogP contribution in [0.15, 0.2) is 0 Å². The molecule has 2 heteroatoms. The molecule has 0 aromatic rings. The maximum Gasteiger partial charge on any atom is 0.00332 e. The average Bonchev–Trinajstić information content (AvgIpc) is 2.68. The number of nitrogens with two attached hydrogens (primary N) is 1. The van der Waals surface area contributed by atoms with Gasteiger partial charge in [-0.15, -0.1) is 0 Å². The topological polar surface area (TPSA) is 29.3 Å². The highest BCUT2D eigenvalue weighted by atomic mass is 15.1. The second-order valence-corrected chi connectivity index (χ2v) is 7.21. The van der Waals surface area contributed by atoms with Gasteiger partial charge in [-0.05, 0) is 56.1 Å². The lowest BCUT2D eigenvalue weighted by Crippen LogP contribution is -2.37. The van der Waals surface area contributed by atoms with E-state index < -0.39 is 0 Å². The fourth-order valence-corrected chi connectivity index (χ4v) is 3.67. The van der Waals surface area contributed by atoms with Gasteiger partial charge in [-0.25, -0.2) is 0 Å². The molecule has 0 unspecified atom stereocenters. The Labute approximate surface area is 107 Å². The van der Waals surface area contributed by atoms with Crippen LogP contribution in [0.1, 0.15) is 58.8 Å². The Kier molecular flexibility index (Phi) is 4.14. The zero-order valence-corrected chi connectivity index (χ0v) is 11.8. The second kappa shape index (κ2) is 5.27. The standard InChI is InChI=1S/C15H30N2/c1-14(2)8-10-17(13-14)11-9-15(12-16)6-4-3-5-7-15/h3-13,16H2,1-2H3. The number of hydrogen-bond donors (Lipinski definition) is 1. The van der Waals surface area contributed by atoms with Crippen LogP contribution >= 0.6 is 0 Å². The van der Waals surface area contributed by atoms with Crippen molar-refractivity contribution in [2.75, 3.05) is 26.2 Å². The molecule has 1 saturated heterocycles. The minimum Gasteiger partial charge on any atom is -0.330 e. The molecular formula is C15H30N2. The third kappa shape index (κ3) is 3.45. The molecule has 0 aromatic carbocycles. The average molecular weight is 238 g/mol. The van der Waals surface area contributed by atoms with Gasteiger partial charge >= 0.3 is 0 Å². The van der Waals surface area contributed by atoms with Gasteiger partial charge in [-0.3, -0.25) is 0 Å². The van der Waals surface area contributed by atoms with Crippen molar-refractivity contribution in [2.24, 2.45) is 16.6 Å². The van der Waals surface area contributed by atoms with E-state index in [1.54, 1.807) is 0 Å². The van der Waals surface area contributed by atoms with Crippen molar-refractivity contribution >= 4 is 0 Å². The molecule has 0 amide bonds. The summed E-state index contributed by atoms with van der Waals surface area (Å²) >= 11 is 0. The van der Waals surface area contributed by atoms with Crippen LogP contribution in [0.2, 0.25) is 0 Å². The highest BCUT2D eigenvalue weighted by molar-refractivity contribution is 4.87. The summed E-state index contributed by atoms with van der Waals surface area (Å²) in [5.74, 6) is 0. The van der Waals surface area contributed by atoms with Crippen LogP contribution in [0.5, 0.6) is 0 Å². The molecule has 0 aromatic heterocycles. The number of likely N-dealkylation sites (tertiary alicyclic amines) is 1. The molecule has 2 fully saturated rings. The molecule has 0 bridgehead atoms. The molecule has 2 nitrogen and oxygen atoms in total. The first-order valence-electron chi connectivity index (χ1n) is 7.48. The van der Waals surface area contributed by atoms with E-state index in [-0.39, 0.29) is 0 Å². The van der Waals surface area contributed by atoms with E-state index in [4.69, 9.17) is 5.73 Å². The molecule has 0 spiro atoms. The van der Waals surface area contributed by atoms with Gasteiger partial charge in [-0.2, -0.15) is 0 Å². The minimum absolute atomic E-state index is 0.491. The van der Waals surface area contributed by atoms with Crippen LogP contribution in [-0.4, -0.2) is 31.1 Å². The van der Waals surface area contributed by atoms with Crippen LogP contribution < -0.4 is 5.73 Å². The van der Waals surface area contributed by atoms with Crippen molar-refractivity contribution in [2.45, 2.75) is 58.8 Å². The lowest BCUT2D eigenvalue weighted by Gasteiger charge is -2.37. The first-order chi connectivity index (χ1) is 8.05. The molecule has 1 aliphatic heterocycles. The Morgan fingerprint density at radius 1 is 1.06 bits per heavy atom. The Morgan fingerprint density at radius 2 is 1.76 bits per heavy atom. The van der Waals surface area contributed by atoms with Crippen LogP contribution in [0.4, 0.5) is 0 Å². The van der Waals surface area contributed by atoms with Crippen molar-refractivity contribution < 1.29 is 0 Å². The number of nitrogens with zero attached hydrogens (tertiary/aromatic N) is 1. The summed E-state index contributed by atoms with van der Waals surface area (Å²) < 4.78 is 0. The van der Waals surface area contributed by atoms with E-state index in [1.165, 1.54) is 64.6 Å².